The fourth-order valence-electron chi connectivity index (χ4n) is 2.40. The van der Waals surface area contributed by atoms with Crippen LogP contribution in [0.5, 0.6) is 0 Å². The van der Waals surface area contributed by atoms with Gasteiger partial charge < -0.3 is 16.4 Å². The van der Waals surface area contributed by atoms with Gasteiger partial charge in [-0.05, 0) is 38.5 Å². The minimum absolute atomic E-state index is 0.166. The van der Waals surface area contributed by atoms with Gasteiger partial charge in [0.2, 0.25) is 11.8 Å². The van der Waals surface area contributed by atoms with E-state index < -0.39 is 0 Å². The lowest BCUT2D eigenvalue weighted by Crippen LogP contribution is -2.39. The lowest BCUT2D eigenvalue weighted by atomic mass is 9.93. The van der Waals surface area contributed by atoms with E-state index in [2.05, 4.69) is 0 Å². The van der Waals surface area contributed by atoms with Crippen molar-refractivity contribution in [2.24, 2.45) is 17.4 Å². The molecular weight excluding hydrogens is 230 g/mol. The Bertz CT molecular complexity index is 284. The largest absolute Gasteiger partial charge is 0.370 e. The van der Waals surface area contributed by atoms with E-state index in [9.17, 15) is 9.59 Å². The topological polar surface area (TPSA) is 89.4 Å². The molecule has 0 aromatic heterocycles. The lowest BCUT2D eigenvalue weighted by Gasteiger charge is -2.31. The molecule has 0 bridgehead atoms. The molecule has 1 saturated heterocycles. The smallest absolute Gasteiger partial charge is 0.222 e. The zero-order valence-corrected chi connectivity index (χ0v) is 11.2. The third-order valence-electron chi connectivity index (χ3n) is 3.51. The Hall–Kier alpha value is -1.10. The van der Waals surface area contributed by atoms with Gasteiger partial charge in [-0.3, -0.25) is 9.59 Å². The Kier molecular flexibility index (Phi) is 6.12. The van der Waals surface area contributed by atoms with Crippen LogP contribution in [0.3, 0.4) is 0 Å². The van der Waals surface area contributed by atoms with Gasteiger partial charge in [0.05, 0.1) is 0 Å². The summed E-state index contributed by atoms with van der Waals surface area (Å²) in [5.74, 6) is 0.334. The van der Waals surface area contributed by atoms with Crippen LogP contribution < -0.4 is 11.5 Å². The molecule has 1 fully saturated rings. The van der Waals surface area contributed by atoms with Crippen LogP contribution in [0.1, 0.15) is 45.4 Å². The highest BCUT2D eigenvalue weighted by Gasteiger charge is 2.23. The van der Waals surface area contributed by atoms with E-state index in [4.69, 9.17) is 11.5 Å². The average molecular weight is 255 g/mol. The summed E-state index contributed by atoms with van der Waals surface area (Å²) in [7, 11) is 0. The second kappa shape index (κ2) is 7.36. The maximum Gasteiger partial charge on any atom is 0.222 e. The van der Waals surface area contributed by atoms with E-state index in [1.54, 1.807) is 0 Å². The SMILES string of the molecule is CC(N)CCCC(=O)N1CCC(CC(N)=O)CC1. The van der Waals surface area contributed by atoms with Crippen LogP contribution >= 0.6 is 0 Å². The summed E-state index contributed by atoms with van der Waals surface area (Å²) in [4.78, 5) is 24.6. The molecule has 1 aliphatic heterocycles. The molecule has 4 N–H and O–H groups in total. The number of likely N-dealkylation sites (tertiary alicyclic amines) is 1. The third-order valence-corrected chi connectivity index (χ3v) is 3.51. The van der Waals surface area contributed by atoms with Crippen LogP contribution in [0.2, 0.25) is 0 Å². The molecule has 5 nitrogen and oxygen atoms in total. The van der Waals surface area contributed by atoms with Gasteiger partial charge in [0.25, 0.3) is 0 Å². The maximum atomic E-state index is 11.9. The molecule has 1 aliphatic rings. The van der Waals surface area contributed by atoms with Crippen LogP contribution in [0, 0.1) is 5.92 Å². The van der Waals surface area contributed by atoms with Gasteiger partial charge in [-0.25, -0.2) is 0 Å². The Morgan fingerprint density at radius 3 is 2.44 bits per heavy atom. The number of carbonyl (C=O) groups is 2. The lowest BCUT2D eigenvalue weighted by molar-refractivity contribution is -0.132. The molecule has 5 heteroatoms. The zero-order valence-electron chi connectivity index (χ0n) is 11.2. The Balaban J connectivity index is 2.21. The Morgan fingerprint density at radius 1 is 1.33 bits per heavy atom. The molecule has 0 radical (unpaired) electrons. The highest BCUT2D eigenvalue weighted by molar-refractivity contribution is 5.76. The van der Waals surface area contributed by atoms with Gasteiger partial charge in [-0.2, -0.15) is 0 Å². The van der Waals surface area contributed by atoms with E-state index in [1.807, 2.05) is 11.8 Å². The average Bonchev–Trinajstić information content (AvgIpc) is 2.28. The molecule has 18 heavy (non-hydrogen) atoms. The summed E-state index contributed by atoms with van der Waals surface area (Å²) in [6.07, 6.45) is 4.57. The second-order valence-electron chi connectivity index (χ2n) is 5.36. The van der Waals surface area contributed by atoms with Crippen molar-refractivity contribution in [1.29, 1.82) is 0 Å². The second-order valence-corrected chi connectivity index (χ2v) is 5.36. The number of primary amides is 1. The standard InChI is InChI=1S/C13H25N3O2/c1-10(14)3-2-4-13(18)16-7-5-11(6-8-16)9-12(15)17/h10-11H,2-9,14H2,1H3,(H2,15,17). The summed E-state index contributed by atoms with van der Waals surface area (Å²) >= 11 is 0. The number of carbonyl (C=O) groups excluding carboxylic acids is 2. The monoisotopic (exact) mass is 255 g/mol. The number of hydrogen-bond donors (Lipinski definition) is 2. The number of rotatable bonds is 6. The summed E-state index contributed by atoms with van der Waals surface area (Å²) < 4.78 is 0. The summed E-state index contributed by atoms with van der Waals surface area (Å²) in [5.41, 5.74) is 10.8. The zero-order chi connectivity index (χ0) is 13.5. The fourth-order valence-corrected chi connectivity index (χ4v) is 2.40. The van der Waals surface area contributed by atoms with Crippen LogP contribution in [-0.4, -0.2) is 35.8 Å². The molecule has 1 unspecified atom stereocenters. The van der Waals surface area contributed by atoms with Crippen molar-refractivity contribution in [3.63, 3.8) is 0 Å². The summed E-state index contributed by atoms with van der Waals surface area (Å²) in [6, 6.07) is 0.166. The van der Waals surface area contributed by atoms with Gasteiger partial charge in [0, 0.05) is 32.0 Å². The van der Waals surface area contributed by atoms with E-state index in [1.165, 1.54) is 0 Å². The molecule has 0 spiro atoms. The number of nitrogens with zero attached hydrogens (tertiary/aromatic N) is 1. The predicted octanol–water partition coefficient (Wildman–Crippen LogP) is 0.618. The first-order valence-corrected chi connectivity index (χ1v) is 6.80. The molecule has 104 valence electrons. The van der Waals surface area contributed by atoms with Crippen molar-refractivity contribution in [3.8, 4) is 0 Å². The van der Waals surface area contributed by atoms with Crippen molar-refractivity contribution < 1.29 is 9.59 Å². The molecule has 0 aromatic carbocycles. The minimum Gasteiger partial charge on any atom is -0.370 e. The quantitative estimate of drug-likeness (QED) is 0.729. The van der Waals surface area contributed by atoms with Gasteiger partial charge in [0.1, 0.15) is 0 Å². The van der Waals surface area contributed by atoms with Crippen LogP contribution in [0.4, 0.5) is 0 Å². The maximum absolute atomic E-state index is 11.9. The van der Waals surface area contributed by atoms with Crippen molar-refractivity contribution in [3.05, 3.63) is 0 Å². The summed E-state index contributed by atoms with van der Waals surface area (Å²) in [5, 5.41) is 0. The van der Waals surface area contributed by atoms with Crippen molar-refractivity contribution >= 4 is 11.8 Å². The van der Waals surface area contributed by atoms with Crippen LogP contribution in [0.25, 0.3) is 0 Å². The number of amides is 2. The highest BCUT2D eigenvalue weighted by Crippen LogP contribution is 2.20. The first-order chi connectivity index (χ1) is 8.49. The van der Waals surface area contributed by atoms with E-state index >= 15 is 0 Å². The molecule has 0 aliphatic carbocycles. The molecule has 1 atom stereocenters. The summed E-state index contributed by atoms with van der Waals surface area (Å²) in [6.45, 7) is 3.48. The van der Waals surface area contributed by atoms with Gasteiger partial charge in [-0.15, -0.1) is 0 Å². The van der Waals surface area contributed by atoms with E-state index in [0.717, 1.165) is 38.8 Å². The fraction of sp³-hybridized carbons (Fsp3) is 0.846. The van der Waals surface area contributed by atoms with Gasteiger partial charge in [-0.1, -0.05) is 0 Å². The van der Waals surface area contributed by atoms with Gasteiger partial charge in [0.15, 0.2) is 0 Å². The predicted molar refractivity (Wildman–Crippen MR) is 70.6 cm³/mol. The van der Waals surface area contributed by atoms with Crippen molar-refractivity contribution in [2.75, 3.05) is 13.1 Å². The van der Waals surface area contributed by atoms with Crippen molar-refractivity contribution in [2.45, 2.75) is 51.5 Å². The van der Waals surface area contributed by atoms with Crippen LogP contribution in [-0.2, 0) is 9.59 Å². The molecule has 2 amide bonds. The molecule has 0 aromatic rings. The first kappa shape index (κ1) is 15.0. The minimum atomic E-state index is -0.239. The third kappa shape index (κ3) is 5.49. The number of hydrogen-bond acceptors (Lipinski definition) is 3. The molecule has 0 saturated carbocycles. The highest BCUT2D eigenvalue weighted by atomic mass is 16.2. The number of nitrogens with two attached hydrogens (primary N) is 2. The molecular formula is C13H25N3O2. The van der Waals surface area contributed by atoms with Crippen molar-refractivity contribution in [1.82, 2.24) is 4.90 Å². The Morgan fingerprint density at radius 2 is 1.94 bits per heavy atom. The molecule has 1 heterocycles. The van der Waals surface area contributed by atoms with E-state index in [0.29, 0.717) is 18.8 Å². The number of piperidine rings is 1. The van der Waals surface area contributed by atoms with Gasteiger partial charge >= 0.3 is 0 Å². The first-order valence-electron chi connectivity index (χ1n) is 6.80. The van der Waals surface area contributed by atoms with Crippen LogP contribution in [0.15, 0.2) is 0 Å². The normalized spacial score (nSPS) is 18.7. The molecule has 1 rings (SSSR count). The Labute approximate surface area is 109 Å². The van der Waals surface area contributed by atoms with E-state index in [-0.39, 0.29) is 17.9 Å².